The Morgan fingerprint density at radius 3 is 2.40 bits per heavy atom. The summed E-state index contributed by atoms with van der Waals surface area (Å²) >= 11 is 0. The summed E-state index contributed by atoms with van der Waals surface area (Å²) in [5.41, 5.74) is 1.79. The van der Waals surface area contributed by atoms with Crippen molar-refractivity contribution in [3.05, 3.63) is 65.5 Å². The molecule has 1 aliphatic rings. The fraction of sp³-hybridized carbons (Fsp3) is 0.263. The number of rotatable bonds is 6. The fourth-order valence-corrected chi connectivity index (χ4v) is 2.87. The minimum absolute atomic E-state index is 0.118. The molecule has 0 aliphatic carbocycles. The number of pyridine rings is 1. The molecule has 2 heterocycles. The topological polar surface area (TPSA) is 79.4 Å². The van der Waals surface area contributed by atoms with Gasteiger partial charge in [-0.1, -0.05) is 18.2 Å². The lowest BCUT2D eigenvalue weighted by molar-refractivity contribution is -0.121. The molecule has 3 rings (SSSR count). The molecule has 1 N–H and O–H groups in total. The zero-order valence-electron chi connectivity index (χ0n) is 13.9. The third-order valence-corrected chi connectivity index (χ3v) is 4.23. The van der Waals surface area contributed by atoms with E-state index >= 15 is 0 Å². The quantitative estimate of drug-likeness (QED) is 0.821. The molecule has 0 radical (unpaired) electrons. The monoisotopic (exact) mass is 337 g/mol. The summed E-state index contributed by atoms with van der Waals surface area (Å²) in [6.07, 6.45) is 4.07. The first-order valence-electron chi connectivity index (χ1n) is 8.22. The highest BCUT2D eigenvalue weighted by atomic mass is 16.2. The van der Waals surface area contributed by atoms with E-state index in [1.807, 2.05) is 19.1 Å². The summed E-state index contributed by atoms with van der Waals surface area (Å²) in [6, 6.07) is 10.4. The van der Waals surface area contributed by atoms with E-state index in [9.17, 15) is 14.4 Å². The molecule has 1 aromatic heterocycles. The molecule has 25 heavy (non-hydrogen) atoms. The third-order valence-electron chi connectivity index (χ3n) is 4.23. The number of amides is 3. The number of carbonyl (C=O) groups is 3. The molecule has 2 aromatic rings. The van der Waals surface area contributed by atoms with Crippen LogP contribution >= 0.6 is 0 Å². The number of hydrogen-bond donors (Lipinski definition) is 1. The van der Waals surface area contributed by atoms with Crippen molar-refractivity contribution in [1.82, 2.24) is 15.2 Å². The number of nitrogens with zero attached hydrogens (tertiary/aromatic N) is 2. The van der Waals surface area contributed by atoms with Gasteiger partial charge in [0.1, 0.15) is 0 Å². The molecule has 1 unspecified atom stereocenters. The molecule has 0 bridgehead atoms. The predicted octanol–water partition coefficient (Wildman–Crippen LogP) is 2.34. The first kappa shape index (κ1) is 16.8. The van der Waals surface area contributed by atoms with Crippen LogP contribution in [0.4, 0.5) is 0 Å². The summed E-state index contributed by atoms with van der Waals surface area (Å²) in [6.45, 7) is 2.13. The van der Waals surface area contributed by atoms with Crippen molar-refractivity contribution in [2.24, 2.45) is 0 Å². The molecule has 6 nitrogen and oxygen atoms in total. The van der Waals surface area contributed by atoms with Crippen LogP contribution in [0.15, 0.2) is 48.8 Å². The summed E-state index contributed by atoms with van der Waals surface area (Å²) in [4.78, 5) is 41.8. The number of carbonyl (C=O) groups excluding carboxylic acids is 3. The minimum Gasteiger partial charge on any atom is -0.350 e. The molecule has 0 spiro atoms. The minimum atomic E-state index is -0.287. The van der Waals surface area contributed by atoms with Crippen molar-refractivity contribution in [1.29, 1.82) is 0 Å². The van der Waals surface area contributed by atoms with Crippen LogP contribution in [-0.4, -0.2) is 34.2 Å². The largest absolute Gasteiger partial charge is 0.350 e. The number of nitrogens with one attached hydrogen (secondary N) is 1. The number of benzene rings is 1. The van der Waals surface area contributed by atoms with Gasteiger partial charge in [-0.2, -0.15) is 0 Å². The molecule has 0 fully saturated rings. The van der Waals surface area contributed by atoms with Crippen molar-refractivity contribution in [2.45, 2.75) is 25.8 Å². The van der Waals surface area contributed by atoms with Gasteiger partial charge in [-0.15, -0.1) is 0 Å². The van der Waals surface area contributed by atoms with Crippen molar-refractivity contribution in [3.8, 4) is 0 Å². The van der Waals surface area contributed by atoms with E-state index < -0.39 is 0 Å². The van der Waals surface area contributed by atoms with E-state index in [-0.39, 0.29) is 36.7 Å². The van der Waals surface area contributed by atoms with Gasteiger partial charge in [0.2, 0.25) is 5.91 Å². The van der Waals surface area contributed by atoms with Gasteiger partial charge in [-0.05, 0) is 37.1 Å². The Bertz CT molecular complexity index is 770. The molecule has 1 aromatic carbocycles. The first-order valence-corrected chi connectivity index (χ1v) is 8.22. The number of hydrogen-bond acceptors (Lipinski definition) is 4. The van der Waals surface area contributed by atoms with Crippen LogP contribution in [0.2, 0.25) is 0 Å². The molecular formula is C19H19N3O3. The van der Waals surface area contributed by atoms with E-state index in [0.29, 0.717) is 17.5 Å². The van der Waals surface area contributed by atoms with Gasteiger partial charge in [0.05, 0.1) is 17.2 Å². The standard InChI is InChI=1S/C19H19N3O3/c1-13(14-6-4-10-20-12-14)21-17(23)9-5-11-22-18(24)15-7-2-3-8-16(15)19(22)25/h2-4,6-8,10,12-13H,5,9,11H2,1H3,(H,21,23). The van der Waals surface area contributed by atoms with Crippen LogP contribution in [0.25, 0.3) is 0 Å². The maximum atomic E-state index is 12.2. The van der Waals surface area contributed by atoms with Crippen LogP contribution in [0.3, 0.4) is 0 Å². The molecule has 0 saturated heterocycles. The van der Waals surface area contributed by atoms with Crippen LogP contribution in [0.5, 0.6) is 0 Å². The Labute approximate surface area is 145 Å². The average molecular weight is 337 g/mol. The Hall–Kier alpha value is -3.02. The SMILES string of the molecule is CC(NC(=O)CCCN1C(=O)c2ccccc2C1=O)c1cccnc1. The van der Waals surface area contributed by atoms with E-state index in [4.69, 9.17) is 0 Å². The first-order chi connectivity index (χ1) is 12.1. The van der Waals surface area contributed by atoms with Crippen LogP contribution < -0.4 is 5.32 Å². The zero-order chi connectivity index (χ0) is 17.8. The summed E-state index contributed by atoms with van der Waals surface area (Å²) < 4.78 is 0. The van der Waals surface area contributed by atoms with Gasteiger partial charge in [0, 0.05) is 25.4 Å². The van der Waals surface area contributed by atoms with Gasteiger partial charge in [-0.25, -0.2) is 0 Å². The second kappa shape index (κ2) is 7.25. The Kier molecular flexibility index (Phi) is 4.88. The maximum Gasteiger partial charge on any atom is 0.261 e. The lowest BCUT2D eigenvalue weighted by Gasteiger charge is -2.16. The highest BCUT2D eigenvalue weighted by molar-refractivity contribution is 6.21. The van der Waals surface area contributed by atoms with Gasteiger partial charge in [0.15, 0.2) is 0 Å². The second-order valence-corrected chi connectivity index (χ2v) is 5.99. The maximum absolute atomic E-state index is 12.2. The molecule has 6 heteroatoms. The molecule has 3 amide bonds. The van der Waals surface area contributed by atoms with E-state index in [0.717, 1.165) is 5.56 Å². The Morgan fingerprint density at radius 1 is 1.12 bits per heavy atom. The Morgan fingerprint density at radius 2 is 1.80 bits per heavy atom. The number of aromatic nitrogens is 1. The third kappa shape index (κ3) is 3.57. The molecule has 1 aliphatic heterocycles. The van der Waals surface area contributed by atoms with Gasteiger partial charge >= 0.3 is 0 Å². The average Bonchev–Trinajstić information content (AvgIpc) is 2.87. The highest BCUT2D eigenvalue weighted by Crippen LogP contribution is 2.22. The van der Waals surface area contributed by atoms with Crippen LogP contribution in [-0.2, 0) is 4.79 Å². The van der Waals surface area contributed by atoms with Crippen molar-refractivity contribution < 1.29 is 14.4 Å². The molecule has 128 valence electrons. The number of fused-ring (bicyclic) bond motifs is 1. The fourth-order valence-electron chi connectivity index (χ4n) is 2.87. The normalized spacial score (nSPS) is 14.4. The summed E-state index contributed by atoms with van der Waals surface area (Å²) in [5.74, 6) is -0.692. The van der Waals surface area contributed by atoms with E-state index in [1.54, 1.807) is 36.7 Å². The lowest BCUT2D eigenvalue weighted by atomic mass is 10.1. The van der Waals surface area contributed by atoms with E-state index in [1.165, 1.54) is 4.90 Å². The van der Waals surface area contributed by atoms with Gasteiger partial charge < -0.3 is 5.32 Å². The lowest BCUT2D eigenvalue weighted by Crippen LogP contribution is -2.32. The Balaban J connectivity index is 1.50. The highest BCUT2D eigenvalue weighted by Gasteiger charge is 2.34. The smallest absolute Gasteiger partial charge is 0.261 e. The zero-order valence-corrected chi connectivity index (χ0v) is 13.9. The van der Waals surface area contributed by atoms with Crippen molar-refractivity contribution >= 4 is 17.7 Å². The van der Waals surface area contributed by atoms with Gasteiger partial charge in [-0.3, -0.25) is 24.3 Å². The molecular weight excluding hydrogens is 318 g/mol. The number of imide groups is 1. The van der Waals surface area contributed by atoms with Crippen LogP contribution in [0, 0.1) is 0 Å². The summed E-state index contributed by atoms with van der Waals surface area (Å²) in [5, 5.41) is 2.89. The van der Waals surface area contributed by atoms with Crippen LogP contribution in [0.1, 0.15) is 52.1 Å². The molecule has 0 saturated carbocycles. The van der Waals surface area contributed by atoms with Crippen molar-refractivity contribution in [3.63, 3.8) is 0 Å². The van der Waals surface area contributed by atoms with Gasteiger partial charge in [0.25, 0.3) is 11.8 Å². The molecule has 1 atom stereocenters. The summed E-state index contributed by atoms with van der Waals surface area (Å²) in [7, 11) is 0. The predicted molar refractivity (Wildman–Crippen MR) is 91.8 cm³/mol. The second-order valence-electron chi connectivity index (χ2n) is 5.99. The van der Waals surface area contributed by atoms with E-state index in [2.05, 4.69) is 10.3 Å². The van der Waals surface area contributed by atoms with Crippen molar-refractivity contribution in [2.75, 3.05) is 6.54 Å².